The highest BCUT2D eigenvalue weighted by atomic mass is 79.9. The minimum atomic E-state index is -0.790. The van der Waals surface area contributed by atoms with Gasteiger partial charge in [0.05, 0.1) is 12.3 Å². The Labute approximate surface area is 213 Å². The number of nitrogens with one attached hydrogen (secondary N) is 1. The number of hydrogen-bond acceptors (Lipinski definition) is 4. The van der Waals surface area contributed by atoms with E-state index in [9.17, 15) is 14.4 Å². The maximum absolute atomic E-state index is 13.1. The van der Waals surface area contributed by atoms with Crippen LogP contribution in [-0.2, 0) is 16.0 Å². The lowest BCUT2D eigenvalue weighted by atomic mass is 10.0. The highest BCUT2D eigenvalue weighted by molar-refractivity contribution is 9.10. The van der Waals surface area contributed by atoms with E-state index in [0.29, 0.717) is 30.0 Å². The van der Waals surface area contributed by atoms with Crippen molar-refractivity contribution in [2.45, 2.75) is 13.3 Å². The average molecular weight is 584 g/mol. The van der Waals surface area contributed by atoms with Crippen molar-refractivity contribution in [3.05, 3.63) is 97.9 Å². The fraction of sp³-hybridized carbons (Fsp3) is 0.115. The largest absolute Gasteiger partial charge is 0.494 e. The number of nitrogens with zero attached hydrogens (tertiary/aromatic N) is 1. The molecule has 8 heteroatoms. The maximum atomic E-state index is 13.1. The van der Waals surface area contributed by atoms with Crippen molar-refractivity contribution in [1.82, 2.24) is 5.32 Å². The Morgan fingerprint density at radius 3 is 2.29 bits per heavy atom. The van der Waals surface area contributed by atoms with E-state index in [4.69, 9.17) is 4.74 Å². The number of amides is 4. The molecule has 0 atom stereocenters. The normalized spacial score (nSPS) is 15.0. The van der Waals surface area contributed by atoms with Crippen molar-refractivity contribution in [2.24, 2.45) is 0 Å². The van der Waals surface area contributed by atoms with Crippen LogP contribution in [0.1, 0.15) is 23.6 Å². The van der Waals surface area contributed by atoms with Crippen LogP contribution in [0.3, 0.4) is 0 Å². The third kappa shape index (κ3) is 5.13. The first kappa shape index (κ1) is 23.9. The third-order valence-corrected chi connectivity index (χ3v) is 6.75. The molecule has 4 rings (SSSR count). The van der Waals surface area contributed by atoms with Crippen LogP contribution in [0.15, 0.2) is 81.2 Å². The number of rotatable bonds is 6. The molecule has 34 heavy (non-hydrogen) atoms. The van der Waals surface area contributed by atoms with Crippen LogP contribution < -0.4 is 15.0 Å². The molecule has 0 aliphatic carbocycles. The van der Waals surface area contributed by atoms with Crippen molar-refractivity contribution in [2.75, 3.05) is 11.5 Å². The van der Waals surface area contributed by atoms with Crippen molar-refractivity contribution in [3.63, 3.8) is 0 Å². The standard InChI is InChI=1S/C26H20Br2N2O4/c1-2-34-20-11-9-19(10-12-20)30-25(32)21(24(31)29-26(30)33)13-16-7-8-18(23(28)14-16)15-17-5-3-4-6-22(17)27/h3-14H,2,15H2,1H3,(H,29,31,33)/b21-13+. The van der Waals surface area contributed by atoms with E-state index in [2.05, 4.69) is 37.2 Å². The Kier molecular flexibility index (Phi) is 7.29. The number of imide groups is 2. The summed E-state index contributed by atoms with van der Waals surface area (Å²) in [5.74, 6) is -0.799. The Hall–Kier alpha value is -3.23. The van der Waals surface area contributed by atoms with Gasteiger partial charge in [0, 0.05) is 8.95 Å². The molecule has 3 aromatic rings. The second kappa shape index (κ2) is 10.4. The molecule has 4 amide bonds. The Balaban J connectivity index is 1.60. The number of benzene rings is 3. The maximum Gasteiger partial charge on any atom is 0.335 e. The lowest BCUT2D eigenvalue weighted by Gasteiger charge is -2.26. The highest BCUT2D eigenvalue weighted by Crippen LogP contribution is 2.28. The van der Waals surface area contributed by atoms with Gasteiger partial charge in [-0.3, -0.25) is 14.9 Å². The lowest BCUT2D eigenvalue weighted by Crippen LogP contribution is -2.54. The molecule has 0 bridgehead atoms. The Morgan fingerprint density at radius 1 is 0.912 bits per heavy atom. The fourth-order valence-electron chi connectivity index (χ4n) is 3.56. The first-order valence-corrected chi connectivity index (χ1v) is 12.1. The molecule has 0 aromatic heterocycles. The number of carbonyl (C=O) groups excluding carboxylic acids is 3. The van der Waals surface area contributed by atoms with Gasteiger partial charge in [-0.25, -0.2) is 9.69 Å². The monoisotopic (exact) mass is 582 g/mol. The number of barbiturate groups is 1. The molecule has 1 aliphatic rings. The van der Waals surface area contributed by atoms with Gasteiger partial charge in [0.25, 0.3) is 11.8 Å². The highest BCUT2D eigenvalue weighted by Gasteiger charge is 2.36. The number of hydrogen-bond donors (Lipinski definition) is 1. The summed E-state index contributed by atoms with van der Waals surface area (Å²) in [5.41, 5.74) is 3.07. The predicted molar refractivity (Wildman–Crippen MR) is 138 cm³/mol. The molecule has 6 nitrogen and oxygen atoms in total. The van der Waals surface area contributed by atoms with E-state index in [0.717, 1.165) is 25.0 Å². The van der Waals surface area contributed by atoms with Crippen molar-refractivity contribution in [3.8, 4) is 5.75 Å². The van der Waals surface area contributed by atoms with Crippen LogP contribution in [0.25, 0.3) is 6.08 Å². The summed E-state index contributed by atoms with van der Waals surface area (Å²) in [6, 6.07) is 19.4. The van der Waals surface area contributed by atoms with E-state index in [1.54, 1.807) is 24.3 Å². The van der Waals surface area contributed by atoms with Crippen LogP contribution >= 0.6 is 31.9 Å². The number of ether oxygens (including phenoxy) is 1. The minimum absolute atomic E-state index is 0.126. The van der Waals surface area contributed by atoms with Crippen LogP contribution in [0, 0.1) is 0 Å². The van der Waals surface area contributed by atoms with Crippen LogP contribution in [0.5, 0.6) is 5.75 Å². The van der Waals surface area contributed by atoms with Gasteiger partial charge in [0.15, 0.2) is 0 Å². The Bertz CT molecular complexity index is 1300. The van der Waals surface area contributed by atoms with Gasteiger partial charge in [-0.2, -0.15) is 0 Å². The van der Waals surface area contributed by atoms with Crippen LogP contribution in [-0.4, -0.2) is 24.5 Å². The molecule has 1 saturated heterocycles. The number of urea groups is 1. The molecule has 1 aliphatic heterocycles. The molecular weight excluding hydrogens is 564 g/mol. The first-order valence-electron chi connectivity index (χ1n) is 10.5. The fourth-order valence-corrected chi connectivity index (χ4v) is 4.52. The molecular formula is C26H20Br2N2O4. The summed E-state index contributed by atoms with van der Waals surface area (Å²) in [4.78, 5) is 39.0. The van der Waals surface area contributed by atoms with Gasteiger partial charge >= 0.3 is 6.03 Å². The molecule has 0 unspecified atom stereocenters. The van der Waals surface area contributed by atoms with Crippen molar-refractivity contribution in [1.29, 1.82) is 0 Å². The number of anilines is 1. The van der Waals surface area contributed by atoms with E-state index in [1.807, 2.05) is 49.4 Å². The van der Waals surface area contributed by atoms with Gasteiger partial charge in [0.1, 0.15) is 11.3 Å². The van der Waals surface area contributed by atoms with E-state index in [1.165, 1.54) is 6.08 Å². The minimum Gasteiger partial charge on any atom is -0.494 e. The second-order valence-electron chi connectivity index (χ2n) is 7.50. The van der Waals surface area contributed by atoms with Crippen LogP contribution in [0.4, 0.5) is 10.5 Å². The van der Waals surface area contributed by atoms with Crippen LogP contribution in [0.2, 0.25) is 0 Å². The molecule has 0 radical (unpaired) electrons. The second-order valence-corrected chi connectivity index (χ2v) is 9.21. The zero-order valence-electron chi connectivity index (χ0n) is 18.2. The average Bonchev–Trinajstić information content (AvgIpc) is 2.81. The van der Waals surface area contributed by atoms with E-state index < -0.39 is 17.8 Å². The summed E-state index contributed by atoms with van der Waals surface area (Å²) in [6.07, 6.45) is 2.19. The third-order valence-electron chi connectivity index (χ3n) is 5.23. The van der Waals surface area contributed by atoms with Gasteiger partial charge in [0.2, 0.25) is 0 Å². The molecule has 1 heterocycles. The zero-order chi connectivity index (χ0) is 24.2. The molecule has 1 N–H and O–H groups in total. The topological polar surface area (TPSA) is 75.7 Å². The molecule has 172 valence electrons. The summed E-state index contributed by atoms with van der Waals surface area (Å²) in [7, 11) is 0. The van der Waals surface area contributed by atoms with Crippen molar-refractivity contribution < 1.29 is 19.1 Å². The quantitative estimate of drug-likeness (QED) is 0.291. The molecule has 1 fully saturated rings. The molecule has 0 saturated carbocycles. The molecule has 0 spiro atoms. The number of halogens is 2. The van der Waals surface area contributed by atoms with Gasteiger partial charge in [-0.1, -0.05) is 62.2 Å². The van der Waals surface area contributed by atoms with Gasteiger partial charge in [-0.05, 0) is 72.5 Å². The summed E-state index contributed by atoms with van der Waals surface area (Å²) >= 11 is 7.16. The number of carbonyl (C=O) groups is 3. The summed E-state index contributed by atoms with van der Waals surface area (Å²) < 4.78 is 7.28. The van der Waals surface area contributed by atoms with Gasteiger partial charge in [-0.15, -0.1) is 0 Å². The predicted octanol–water partition coefficient (Wildman–Crippen LogP) is 5.87. The van der Waals surface area contributed by atoms with E-state index in [-0.39, 0.29) is 5.57 Å². The Morgan fingerprint density at radius 2 is 1.62 bits per heavy atom. The van der Waals surface area contributed by atoms with Crippen molar-refractivity contribution >= 4 is 61.5 Å². The first-order chi connectivity index (χ1) is 16.4. The lowest BCUT2D eigenvalue weighted by molar-refractivity contribution is -0.122. The van der Waals surface area contributed by atoms with Gasteiger partial charge < -0.3 is 4.74 Å². The smallest absolute Gasteiger partial charge is 0.335 e. The van der Waals surface area contributed by atoms with E-state index >= 15 is 0 Å². The summed E-state index contributed by atoms with van der Waals surface area (Å²) in [6.45, 7) is 2.37. The summed E-state index contributed by atoms with van der Waals surface area (Å²) in [5, 5.41) is 2.24. The zero-order valence-corrected chi connectivity index (χ0v) is 21.4. The molecule has 3 aromatic carbocycles. The SMILES string of the molecule is CCOc1ccc(N2C(=O)NC(=O)/C(=C\c3ccc(Cc4ccccc4Br)c(Br)c3)C2=O)cc1.